The van der Waals surface area contributed by atoms with E-state index in [0.29, 0.717) is 13.2 Å². The fourth-order valence-electron chi connectivity index (χ4n) is 2.65. The Bertz CT molecular complexity index is 311. The molecule has 0 saturated carbocycles. The quantitative estimate of drug-likeness (QED) is 0.316. The molecule has 0 aliphatic heterocycles. The van der Waals surface area contributed by atoms with E-state index in [4.69, 9.17) is 4.74 Å². The molecule has 0 aromatic rings. The third kappa shape index (κ3) is 25.0. The van der Waals surface area contributed by atoms with Crippen molar-refractivity contribution in [2.75, 3.05) is 67.6 Å². The Morgan fingerprint density at radius 3 is 1.41 bits per heavy atom. The smallest absolute Gasteiger partial charge is 0.0668 e. The van der Waals surface area contributed by atoms with Gasteiger partial charge in [0.1, 0.15) is 0 Å². The fraction of sp³-hybridized carbons (Fsp3) is 0.818. The van der Waals surface area contributed by atoms with Gasteiger partial charge >= 0.3 is 0 Å². The Kier molecular flexibility index (Phi) is 20.4. The number of unbranched alkanes of at least 4 members (excludes halogenated alkanes) is 6. The van der Waals surface area contributed by atoms with Crippen LogP contribution in [-0.4, -0.2) is 77.4 Å². The third-order valence-corrected chi connectivity index (χ3v) is 4.25. The second-order valence-electron chi connectivity index (χ2n) is 7.69. The molecule has 0 unspecified atom stereocenters. The van der Waals surface area contributed by atoms with Gasteiger partial charge < -0.3 is 25.2 Å². The Balaban J connectivity index is 3.18. The minimum Gasteiger partial charge on any atom is -0.391 e. The predicted octanol–water partition coefficient (Wildman–Crippen LogP) is 3.45. The average molecular weight is 383 g/mol. The standard InChI is InChI=1S/C22H46N4O/c1-25(2)19-11-7-5-9-15-23-17-13-21-27-22-14-18-24-16-10-6-8-12-20-26(3)4/h13-14,17-18,23-24H,5-12,15-16,19-22H2,1-4H3. The molecule has 0 aromatic heterocycles. The summed E-state index contributed by atoms with van der Waals surface area (Å²) in [5.41, 5.74) is 0. The van der Waals surface area contributed by atoms with E-state index in [0.717, 1.165) is 13.1 Å². The molecule has 2 N–H and O–H groups in total. The third-order valence-electron chi connectivity index (χ3n) is 4.25. The Labute approximate surface area is 169 Å². The van der Waals surface area contributed by atoms with Crippen molar-refractivity contribution in [1.29, 1.82) is 0 Å². The van der Waals surface area contributed by atoms with Gasteiger partial charge in [-0.15, -0.1) is 0 Å². The lowest BCUT2D eigenvalue weighted by molar-refractivity contribution is 0.193. The highest BCUT2D eigenvalue weighted by Gasteiger charge is 1.92. The molecule has 5 nitrogen and oxygen atoms in total. The summed E-state index contributed by atoms with van der Waals surface area (Å²) in [7, 11) is 8.54. The van der Waals surface area contributed by atoms with Crippen LogP contribution in [0.15, 0.2) is 24.6 Å². The molecular weight excluding hydrogens is 336 g/mol. The van der Waals surface area contributed by atoms with Gasteiger partial charge in [-0.25, -0.2) is 0 Å². The molecule has 0 spiro atoms. The van der Waals surface area contributed by atoms with Gasteiger partial charge in [0.05, 0.1) is 13.2 Å². The average Bonchev–Trinajstić information content (AvgIpc) is 2.62. The molecule has 0 aliphatic rings. The van der Waals surface area contributed by atoms with Crippen LogP contribution in [0.1, 0.15) is 51.4 Å². The van der Waals surface area contributed by atoms with Gasteiger partial charge in [0.25, 0.3) is 0 Å². The Morgan fingerprint density at radius 1 is 0.593 bits per heavy atom. The SMILES string of the molecule is CN(C)CCCCCCNC=CCOCC=CNCCCCCCN(C)C. The van der Waals surface area contributed by atoms with Crippen molar-refractivity contribution in [2.24, 2.45) is 0 Å². The highest BCUT2D eigenvalue weighted by atomic mass is 16.5. The Morgan fingerprint density at radius 2 is 1.00 bits per heavy atom. The number of ether oxygens (including phenoxy) is 1. The maximum atomic E-state index is 5.53. The predicted molar refractivity (Wildman–Crippen MR) is 119 cm³/mol. The summed E-state index contributed by atoms with van der Waals surface area (Å²) in [6.45, 7) is 5.82. The molecule has 0 atom stereocenters. The van der Waals surface area contributed by atoms with Crippen molar-refractivity contribution in [3.63, 3.8) is 0 Å². The van der Waals surface area contributed by atoms with Crippen molar-refractivity contribution in [3.8, 4) is 0 Å². The molecule has 0 aliphatic carbocycles. The van der Waals surface area contributed by atoms with Gasteiger partial charge in [0, 0.05) is 13.1 Å². The number of nitrogens with zero attached hydrogens (tertiary/aromatic N) is 2. The van der Waals surface area contributed by atoms with Gasteiger partial charge in [-0.05, 0) is 91.5 Å². The summed E-state index contributed by atoms with van der Waals surface area (Å²) >= 11 is 0. The number of nitrogens with one attached hydrogen (secondary N) is 2. The number of rotatable bonds is 20. The van der Waals surface area contributed by atoms with Gasteiger partial charge in [0.15, 0.2) is 0 Å². The van der Waals surface area contributed by atoms with Crippen LogP contribution in [0.25, 0.3) is 0 Å². The summed E-state index contributed by atoms with van der Waals surface area (Å²) in [5.74, 6) is 0. The van der Waals surface area contributed by atoms with Crippen LogP contribution in [0.3, 0.4) is 0 Å². The molecule has 0 amide bonds. The first-order valence-corrected chi connectivity index (χ1v) is 10.8. The first-order chi connectivity index (χ1) is 13.1. The molecule has 0 rings (SSSR count). The van der Waals surface area contributed by atoms with E-state index in [1.54, 1.807) is 0 Å². The van der Waals surface area contributed by atoms with Crippen LogP contribution >= 0.6 is 0 Å². The molecule has 0 fully saturated rings. The molecule has 0 bridgehead atoms. The molecular formula is C22H46N4O. The maximum absolute atomic E-state index is 5.53. The van der Waals surface area contributed by atoms with E-state index in [1.807, 2.05) is 24.6 Å². The summed E-state index contributed by atoms with van der Waals surface area (Å²) in [4.78, 5) is 4.50. The monoisotopic (exact) mass is 382 g/mol. The van der Waals surface area contributed by atoms with Crippen LogP contribution in [0.5, 0.6) is 0 Å². The topological polar surface area (TPSA) is 39.8 Å². The first-order valence-electron chi connectivity index (χ1n) is 10.8. The summed E-state index contributed by atoms with van der Waals surface area (Å²) in [6, 6.07) is 0. The van der Waals surface area contributed by atoms with E-state index in [-0.39, 0.29) is 0 Å². The second kappa shape index (κ2) is 21.3. The van der Waals surface area contributed by atoms with E-state index in [9.17, 15) is 0 Å². The summed E-state index contributed by atoms with van der Waals surface area (Å²) in [6.07, 6.45) is 18.4. The lowest BCUT2D eigenvalue weighted by Crippen LogP contribution is -2.13. The minimum absolute atomic E-state index is 0.659. The van der Waals surface area contributed by atoms with Crippen LogP contribution in [0.2, 0.25) is 0 Å². The van der Waals surface area contributed by atoms with Gasteiger partial charge in [0.2, 0.25) is 0 Å². The number of hydrogen-bond donors (Lipinski definition) is 2. The highest BCUT2D eigenvalue weighted by Crippen LogP contribution is 2.00. The highest BCUT2D eigenvalue weighted by molar-refractivity contribution is 4.82. The zero-order chi connectivity index (χ0) is 20.0. The van der Waals surface area contributed by atoms with Crippen LogP contribution in [0, 0.1) is 0 Å². The molecule has 27 heavy (non-hydrogen) atoms. The maximum Gasteiger partial charge on any atom is 0.0668 e. The second-order valence-corrected chi connectivity index (χ2v) is 7.69. The summed E-state index contributed by atoms with van der Waals surface area (Å²) < 4.78 is 5.53. The largest absolute Gasteiger partial charge is 0.391 e. The summed E-state index contributed by atoms with van der Waals surface area (Å²) in [5, 5.41) is 6.65. The van der Waals surface area contributed by atoms with Crippen molar-refractivity contribution in [2.45, 2.75) is 51.4 Å². The van der Waals surface area contributed by atoms with E-state index in [2.05, 4.69) is 48.6 Å². The molecule has 160 valence electrons. The zero-order valence-corrected chi connectivity index (χ0v) is 18.5. The lowest BCUT2D eigenvalue weighted by Gasteiger charge is -2.08. The van der Waals surface area contributed by atoms with Crippen LogP contribution in [-0.2, 0) is 4.74 Å². The first kappa shape index (κ1) is 26.0. The molecule has 0 radical (unpaired) electrons. The fourth-order valence-corrected chi connectivity index (χ4v) is 2.65. The Hall–Kier alpha value is -1.04. The zero-order valence-electron chi connectivity index (χ0n) is 18.5. The van der Waals surface area contributed by atoms with Crippen molar-refractivity contribution in [3.05, 3.63) is 24.6 Å². The van der Waals surface area contributed by atoms with Crippen molar-refractivity contribution >= 4 is 0 Å². The lowest BCUT2D eigenvalue weighted by atomic mass is 10.2. The molecule has 0 saturated heterocycles. The van der Waals surface area contributed by atoms with Gasteiger partial charge in [-0.3, -0.25) is 0 Å². The van der Waals surface area contributed by atoms with E-state index < -0.39 is 0 Å². The minimum atomic E-state index is 0.659. The van der Waals surface area contributed by atoms with Crippen molar-refractivity contribution in [1.82, 2.24) is 20.4 Å². The normalized spacial score (nSPS) is 12.1. The molecule has 5 heteroatoms. The molecule has 0 aromatic carbocycles. The van der Waals surface area contributed by atoms with Crippen molar-refractivity contribution < 1.29 is 4.74 Å². The van der Waals surface area contributed by atoms with Crippen LogP contribution in [0.4, 0.5) is 0 Å². The van der Waals surface area contributed by atoms with E-state index in [1.165, 1.54) is 64.5 Å². The molecule has 0 heterocycles. The van der Waals surface area contributed by atoms with Gasteiger partial charge in [-0.2, -0.15) is 0 Å². The van der Waals surface area contributed by atoms with Gasteiger partial charge in [-0.1, -0.05) is 25.7 Å². The number of hydrogen-bond acceptors (Lipinski definition) is 5. The van der Waals surface area contributed by atoms with E-state index >= 15 is 0 Å². The van der Waals surface area contributed by atoms with Crippen LogP contribution < -0.4 is 10.6 Å².